The zero-order chi connectivity index (χ0) is 36.6. The van der Waals surface area contributed by atoms with E-state index in [-0.39, 0.29) is 0 Å². The molecule has 0 saturated carbocycles. The van der Waals surface area contributed by atoms with Gasteiger partial charge in [-0.1, -0.05) is 84.5 Å². The highest BCUT2D eigenvalue weighted by Gasteiger charge is 2.97. The maximum atomic E-state index is 14.1. The molecular formula is C20H20F20I2Si2. The molecule has 0 N–H and O–H groups in total. The molecule has 0 aliphatic heterocycles. The second-order valence-electron chi connectivity index (χ2n) is 11.3. The molecule has 0 aromatic carbocycles. The van der Waals surface area contributed by atoms with Gasteiger partial charge in [-0.25, -0.2) is 0 Å². The molecule has 0 nitrogen and oxygen atoms in total. The van der Waals surface area contributed by atoms with Crippen LogP contribution in [0, 0.1) is 0 Å². The Morgan fingerprint density at radius 1 is 0.341 bits per heavy atom. The fraction of sp³-hybridized carbons (Fsp3) is 0.800. The normalized spacial score (nSPS) is 17.4. The van der Waals surface area contributed by atoms with E-state index in [9.17, 15) is 87.8 Å². The summed E-state index contributed by atoms with van der Waals surface area (Å²) in [5.41, 5.74) is 0. The van der Waals surface area contributed by atoms with E-state index >= 15 is 0 Å². The van der Waals surface area contributed by atoms with Crippen molar-refractivity contribution >= 4 is 61.3 Å². The van der Waals surface area contributed by atoms with Crippen LogP contribution in [0.4, 0.5) is 87.8 Å². The van der Waals surface area contributed by atoms with Crippen molar-refractivity contribution in [3.63, 3.8) is 0 Å². The zero-order valence-electron chi connectivity index (χ0n) is 22.5. The molecule has 0 aromatic heterocycles. The number of hydrogen-bond acceptors (Lipinski definition) is 0. The van der Waals surface area contributed by atoms with Gasteiger partial charge in [0.15, 0.2) is 0 Å². The third kappa shape index (κ3) is 6.65. The van der Waals surface area contributed by atoms with Crippen LogP contribution in [-0.4, -0.2) is 75.4 Å². The van der Waals surface area contributed by atoms with Gasteiger partial charge >= 0.3 is 59.2 Å². The highest BCUT2D eigenvalue weighted by atomic mass is 127. The Morgan fingerprint density at radius 2 is 0.477 bits per heavy atom. The summed E-state index contributed by atoms with van der Waals surface area (Å²) in [6.07, 6.45) is -2.28. The van der Waals surface area contributed by atoms with Crippen molar-refractivity contribution in [2.45, 2.75) is 98.5 Å². The van der Waals surface area contributed by atoms with Crippen molar-refractivity contribution in [1.29, 1.82) is 0 Å². The molecule has 0 aliphatic carbocycles. The van der Waals surface area contributed by atoms with Gasteiger partial charge in [0.05, 0.1) is 16.1 Å². The molecule has 0 heterocycles. The first-order chi connectivity index (χ1) is 18.5. The topological polar surface area (TPSA) is 0 Å². The lowest BCUT2D eigenvalue weighted by molar-refractivity contribution is -0.466. The maximum absolute atomic E-state index is 14.1. The first-order valence-electron chi connectivity index (χ1n) is 11.1. The predicted octanol–water partition coefficient (Wildman–Crippen LogP) is 11.7. The first-order valence-corrected chi connectivity index (χ1v) is 20.2. The Balaban J connectivity index is 7.34. The predicted molar refractivity (Wildman–Crippen MR) is 140 cm³/mol. The molecule has 44 heavy (non-hydrogen) atoms. The summed E-state index contributed by atoms with van der Waals surface area (Å²) >= 11 is 1.65. The molecule has 0 bridgehead atoms. The lowest BCUT2D eigenvalue weighted by Crippen LogP contribution is -2.76. The summed E-state index contributed by atoms with van der Waals surface area (Å²) in [5, 5.41) is 0. The Morgan fingerprint density at radius 3 is 0.614 bits per heavy atom. The minimum Gasteiger partial charge on any atom is -0.195 e. The SMILES string of the molecule is C[Si](C)(C)/C(I)=C\C(F)(F)C(F)(F)C(F)(F)C(F)(F)C(F)(F)C(F)(F)C(F)(F)C(F)(F)C(F)(F)C(F)(F)/C=C(/I)[Si](C)(C)C. The largest absolute Gasteiger partial charge is 0.385 e. The molecule has 0 radical (unpaired) electrons. The van der Waals surface area contributed by atoms with Crippen molar-refractivity contribution in [1.82, 2.24) is 0 Å². The van der Waals surface area contributed by atoms with E-state index in [0.29, 0.717) is 0 Å². The Hall–Kier alpha value is -0.0262. The van der Waals surface area contributed by atoms with E-state index < -0.39 is 93.9 Å². The molecule has 0 spiro atoms. The summed E-state index contributed by atoms with van der Waals surface area (Å²) in [5.74, 6) is -81.9. The molecule has 0 aromatic rings. The van der Waals surface area contributed by atoms with E-state index in [0.717, 1.165) is 84.5 Å². The number of rotatable bonds is 13. The van der Waals surface area contributed by atoms with Gasteiger partial charge in [-0.2, -0.15) is 87.8 Å². The third-order valence-electron chi connectivity index (χ3n) is 5.65. The van der Waals surface area contributed by atoms with Gasteiger partial charge in [-0.15, -0.1) is 0 Å². The molecular weight excluding hydrogens is 930 g/mol. The van der Waals surface area contributed by atoms with Crippen LogP contribution in [0.5, 0.6) is 0 Å². The molecule has 0 aliphatic rings. The van der Waals surface area contributed by atoms with Gasteiger partial charge in [0.25, 0.3) is 0 Å². The van der Waals surface area contributed by atoms with Crippen molar-refractivity contribution in [3.8, 4) is 0 Å². The zero-order valence-corrected chi connectivity index (χ0v) is 28.8. The number of allylic oxidation sites excluding steroid dienone is 2. The summed E-state index contributed by atoms with van der Waals surface area (Å²) in [6.45, 7) is 6.44. The minimum atomic E-state index is -9.03. The van der Waals surface area contributed by atoms with E-state index in [4.69, 9.17) is 0 Å². The molecule has 262 valence electrons. The highest BCUT2D eigenvalue weighted by molar-refractivity contribution is 14.1. The van der Waals surface area contributed by atoms with Crippen LogP contribution in [0.15, 0.2) is 18.6 Å². The van der Waals surface area contributed by atoms with E-state index in [2.05, 4.69) is 0 Å². The fourth-order valence-electron chi connectivity index (χ4n) is 2.53. The second kappa shape index (κ2) is 11.8. The molecule has 0 unspecified atom stereocenters. The van der Waals surface area contributed by atoms with Crippen LogP contribution >= 0.6 is 45.2 Å². The number of halogens is 22. The first kappa shape index (κ1) is 44.0. The molecule has 24 heteroatoms. The van der Waals surface area contributed by atoms with Gasteiger partial charge in [0, 0.05) is 0 Å². The smallest absolute Gasteiger partial charge is 0.195 e. The molecule has 0 fully saturated rings. The third-order valence-corrected chi connectivity index (χ3v) is 19.1. The summed E-state index contributed by atoms with van der Waals surface area (Å²) in [7, 11) is -6.41. The van der Waals surface area contributed by atoms with Gasteiger partial charge in [-0.05, 0) is 18.6 Å². The van der Waals surface area contributed by atoms with Crippen LogP contribution in [0.3, 0.4) is 0 Å². The van der Waals surface area contributed by atoms with Gasteiger partial charge in [-0.3, -0.25) is 0 Å². The van der Waals surface area contributed by atoms with E-state index in [1.54, 1.807) is 0 Å². The van der Waals surface area contributed by atoms with Crippen molar-refractivity contribution in [3.05, 3.63) is 18.6 Å². The Bertz CT molecular complexity index is 1040. The van der Waals surface area contributed by atoms with Crippen molar-refractivity contribution in [2.75, 3.05) is 0 Å². The maximum Gasteiger partial charge on any atom is 0.385 e. The monoisotopic (exact) mass is 950 g/mol. The minimum absolute atomic E-state index is 0.827. The quantitative estimate of drug-likeness (QED) is 0.0980. The summed E-state index contributed by atoms with van der Waals surface area (Å²) < 4.78 is 280. The molecule has 0 amide bonds. The van der Waals surface area contributed by atoms with Crippen LogP contribution < -0.4 is 0 Å². The Kier molecular flexibility index (Phi) is 11.8. The van der Waals surface area contributed by atoms with Crippen LogP contribution in [-0.2, 0) is 0 Å². The average Bonchev–Trinajstić information content (AvgIpc) is 2.75. The van der Waals surface area contributed by atoms with Crippen molar-refractivity contribution in [2.24, 2.45) is 0 Å². The van der Waals surface area contributed by atoms with Crippen LogP contribution in [0.25, 0.3) is 0 Å². The van der Waals surface area contributed by atoms with Gasteiger partial charge in [0.2, 0.25) is 0 Å². The van der Waals surface area contributed by atoms with Crippen LogP contribution in [0.2, 0.25) is 39.3 Å². The number of alkyl halides is 20. The summed E-state index contributed by atoms with van der Waals surface area (Å²) in [6, 6.07) is 0. The molecule has 0 rings (SSSR count). The highest BCUT2D eigenvalue weighted by Crippen LogP contribution is 2.66. The van der Waals surface area contributed by atoms with Gasteiger partial charge < -0.3 is 0 Å². The molecule has 0 atom stereocenters. The average molecular weight is 950 g/mol. The van der Waals surface area contributed by atoms with E-state index in [1.807, 2.05) is 0 Å². The summed E-state index contributed by atoms with van der Waals surface area (Å²) in [4.78, 5) is 0. The Labute approximate surface area is 265 Å². The number of hydrogen-bond donors (Lipinski definition) is 0. The lowest BCUT2D eigenvalue weighted by atomic mass is 9.85. The van der Waals surface area contributed by atoms with E-state index in [1.165, 1.54) is 0 Å². The van der Waals surface area contributed by atoms with Crippen molar-refractivity contribution < 1.29 is 87.8 Å². The van der Waals surface area contributed by atoms with Crippen LogP contribution in [0.1, 0.15) is 0 Å². The lowest BCUT2D eigenvalue weighted by Gasteiger charge is -2.45. The fourth-order valence-corrected chi connectivity index (χ4v) is 4.55. The molecule has 0 saturated heterocycles. The standard InChI is InChI=1S/C20H20F20I2Si2/c1-43(2,3)9(41)7-11(21,22)13(25,26)15(29,30)17(33,34)19(37,38)20(39,40)18(35,36)16(31,32)14(27,28)12(23,24)8-10(42)44(4,5)6/h7-8H,1-6H3/b9-7-,10-8-. The van der Waals surface area contributed by atoms with Gasteiger partial charge in [0.1, 0.15) is 0 Å². The second-order valence-corrected chi connectivity index (χ2v) is 25.8.